The summed E-state index contributed by atoms with van der Waals surface area (Å²) >= 11 is 0. The van der Waals surface area contributed by atoms with Crippen LogP contribution in [0.3, 0.4) is 0 Å². The fraction of sp³-hybridized carbons (Fsp3) is 0.353. The summed E-state index contributed by atoms with van der Waals surface area (Å²) in [6.45, 7) is 1.94. The van der Waals surface area contributed by atoms with Crippen molar-refractivity contribution in [3.8, 4) is 0 Å². The van der Waals surface area contributed by atoms with E-state index in [-0.39, 0.29) is 12.6 Å². The van der Waals surface area contributed by atoms with E-state index in [1.165, 1.54) is 5.39 Å². The molecule has 0 spiro atoms. The molecule has 2 aromatic carbocycles. The molecule has 0 saturated heterocycles. The molecule has 2 aromatic rings. The summed E-state index contributed by atoms with van der Waals surface area (Å²) in [5, 5.41) is 16.5. The topological polar surface area (TPSA) is 70.6 Å². The van der Waals surface area contributed by atoms with Crippen LogP contribution in [0.1, 0.15) is 12.0 Å². The van der Waals surface area contributed by atoms with Crippen molar-refractivity contribution in [2.45, 2.75) is 13.0 Å². The zero-order chi connectivity index (χ0) is 15.6. The van der Waals surface area contributed by atoms with Crippen LogP contribution in [0.5, 0.6) is 0 Å². The summed E-state index contributed by atoms with van der Waals surface area (Å²) in [6.07, 6.45) is 0.724. The van der Waals surface area contributed by atoms with Crippen LogP contribution in [-0.4, -0.2) is 37.5 Å². The van der Waals surface area contributed by atoms with Crippen molar-refractivity contribution in [2.24, 2.45) is 0 Å². The Kier molecular flexibility index (Phi) is 6.67. The van der Waals surface area contributed by atoms with Crippen LogP contribution >= 0.6 is 0 Å². The van der Waals surface area contributed by atoms with Crippen molar-refractivity contribution in [1.29, 1.82) is 0 Å². The van der Waals surface area contributed by atoms with Crippen molar-refractivity contribution in [3.05, 3.63) is 48.0 Å². The van der Waals surface area contributed by atoms with E-state index in [0.29, 0.717) is 26.3 Å². The minimum absolute atomic E-state index is 0.0267. The molecule has 0 radical (unpaired) electrons. The number of aliphatic hydroxyl groups excluding tert-OH is 1. The van der Waals surface area contributed by atoms with Crippen molar-refractivity contribution >= 4 is 16.8 Å². The average molecular weight is 302 g/mol. The number of ether oxygens (including phenoxy) is 1. The first-order valence-electron chi connectivity index (χ1n) is 7.48. The van der Waals surface area contributed by atoms with Gasteiger partial charge < -0.3 is 20.5 Å². The van der Waals surface area contributed by atoms with Gasteiger partial charge in [0.2, 0.25) is 0 Å². The first kappa shape index (κ1) is 16.3. The van der Waals surface area contributed by atoms with E-state index in [4.69, 9.17) is 9.84 Å². The molecule has 0 aliphatic rings. The summed E-state index contributed by atoms with van der Waals surface area (Å²) in [7, 11) is 0. The molecule has 0 bridgehead atoms. The van der Waals surface area contributed by atoms with E-state index in [1.54, 1.807) is 0 Å². The van der Waals surface area contributed by atoms with Crippen LogP contribution in [0.2, 0.25) is 0 Å². The zero-order valence-corrected chi connectivity index (χ0v) is 12.5. The molecule has 118 valence electrons. The van der Waals surface area contributed by atoms with Gasteiger partial charge in [-0.2, -0.15) is 0 Å². The van der Waals surface area contributed by atoms with Gasteiger partial charge in [-0.05, 0) is 22.8 Å². The molecule has 5 heteroatoms. The van der Waals surface area contributed by atoms with Gasteiger partial charge in [0.1, 0.15) is 0 Å². The van der Waals surface area contributed by atoms with Gasteiger partial charge in [0.25, 0.3) is 0 Å². The number of nitrogens with one attached hydrogen (secondary N) is 2. The van der Waals surface area contributed by atoms with Gasteiger partial charge >= 0.3 is 6.03 Å². The van der Waals surface area contributed by atoms with Gasteiger partial charge in [0, 0.05) is 19.7 Å². The minimum Gasteiger partial charge on any atom is -0.394 e. The van der Waals surface area contributed by atoms with Crippen LogP contribution in [0.15, 0.2) is 42.5 Å². The van der Waals surface area contributed by atoms with Crippen LogP contribution in [0.25, 0.3) is 10.8 Å². The van der Waals surface area contributed by atoms with Crippen LogP contribution in [0, 0.1) is 0 Å². The fourth-order valence-electron chi connectivity index (χ4n) is 2.23. The van der Waals surface area contributed by atoms with Gasteiger partial charge in [-0.15, -0.1) is 0 Å². The first-order valence-corrected chi connectivity index (χ1v) is 7.48. The van der Waals surface area contributed by atoms with E-state index in [0.717, 1.165) is 17.4 Å². The highest BCUT2D eigenvalue weighted by Gasteiger charge is 2.03. The Balaban J connectivity index is 1.74. The second-order valence-electron chi connectivity index (χ2n) is 4.94. The van der Waals surface area contributed by atoms with Gasteiger partial charge in [0.15, 0.2) is 0 Å². The number of amides is 2. The average Bonchev–Trinajstić information content (AvgIpc) is 2.56. The summed E-state index contributed by atoms with van der Waals surface area (Å²) < 4.78 is 5.12. The SMILES string of the molecule is O=C(NCCCOCCO)NCc1cccc2ccccc12. The summed E-state index contributed by atoms with van der Waals surface area (Å²) in [5.41, 5.74) is 1.10. The van der Waals surface area contributed by atoms with E-state index >= 15 is 0 Å². The highest BCUT2D eigenvalue weighted by molar-refractivity contribution is 5.86. The Morgan fingerprint density at radius 3 is 2.73 bits per heavy atom. The third kappa shape index (κ3) is 5.02. The molecule has 5 nitrogen and oxygen atoms in total. The molecule has 0 heterocycles. The molecule has 0 unspecified atom stereocenters. The number of hydrogen-bond acceptors (Lipinski definition) is 3. The lowest BCUT2D eigenvalue weighted by atomic mass is 10.0. The number of carbonyl (C=O) groups excluding carboxylic acids is 1. The minimum atomic E-state index is -0.185. The highest BCUT2D eigenvalue weighted by atomic mass is 16.5. The van der Waals surface area contributed by atoms with Crippen LogP contribution in [-0.2, 0) is 11.3 Å². The second kappa shape index (κ2) is 9.02. The molecule has 0 aliphatic heterocycles. The Morgan fingerprint density at radius 1 is 1.05 bits per heavy atom. The number of fused-ring (bicyclic) bond motifs is 1. The maximum Gasteiger partial charge on any atom is 0.315 e. The van der Waals surface area contributed by atoms with Crippen molar-refractivity contribution in [3.63, 3.8) is 0 Å². The van der Waals surface area contributed by atoms with Crippen molar-refractivity contribution < 1.29 is 14.6 Å². The zero-order valence-electron chi connectivity index (χ0n) is 12.5. The maximum atomic E-state index is 11.7. The second-order valence-corrected chi connectivity index (χ2v) is 4.94. The number of hydrogen-bond donors (Lipinski definition) is 3. The lowest BCUT2D eigenvalue weighted by molar-refractivity contribution is 0.0910. The monoisotopic (exact) mass is 302 g/mol. The third-order valence-electron chi connectivity index (χ3n) is 3.31. The van der Waals surface area contributed by atoms with Gasteiger partial charge in [-0.25, -0.2) is 4.79 Å². The van der Waals surface area contributed by atoms with E-state index < -0.39 is 0 Å². The smallest absolute Gasteiger partial charge is 0.315 e. The van der Waals surface area contributed by atoms with Gasteiger partial charge in [0.05, 0.1) is 13.2 Å². The Hall–Kier alpha value is -2.11. The fourth-order valence-corrected chi connectivity index (χ4v) is 2.23. The maximum absolute atomic E-state index is 11.7. The molecule has 2 rings (SSSR count). The van der Waals surface area contributed by atoms with Crippen LogP contribution in [0.4, 0.5) is 4.79 Å². The summed E-state index contributed by atoms with van der Waals surface area (Å²) in [6, 6.07) is 14.0. The van der Waals surface area contributed by atoms with Gasteiger partial charge in [-0.3, -0.25) is 0 Å². The molecule has 22 heavy (non-hydrogen) atoms. The van der Waals surface area contributed by atoms with Gasteiger partial charge in [-0.1, -0.05) is 42.5 Å². The van der Waals surface area contributed by atoms with Crippen molar-refractivity contribution in [1.82, 2.24) is 10.6 Å². The number of aliphatic hydroxyl groups is 1. The molecule has 3 N–H and O–H groups in total. The molecule has 0 atom stereocenters. The predicted molar refractivity (Wildman–Crippen MR) is 86.7 cm³/mol. The summed E-state index contributed by atoms with van der Waals surface area (Å²) in [5.74, 6) is 0. The number of benzene rings is 2. The summed E-state index contributed by atoms with van der Waals surface area (Å²) in [4.78, 5) is 11.7. The van der Waals surface area contributed by atoms with E-state index in [9.17, 15) is 4.79 Å². The van der Waals surface area contributed by atoms with E-state index in [2.05, 4.69) is 28.8 Å². The highest BCUT2D eigenvalue weighted by Crippen LogP contribution is 2.17. The number of rotatable bonds is 8. The molecular formula is C17H22N2O3. The normalized spacial score (nSPS) is 10.6. The predicted octanol–water partition coefficient (Wildman–Crippen LogP) is 2.04. The largest absolute Gasteiger partial charge is 0.394 e. The lowest BCUT2D eigenvalue weighted by Gasteiger charge is -2.10. The molecule has 0 aliphatic carbocycles. The Bertz CT molecular complexity index is 596. The van der Waals surface area contributed by atoms with E-state index in [1.807, 2.05) is 24.3 Å². The third-order valence-corrected chi connectivity index (χ3v) is 3.31. The number of urea groups is 1. The standard InChI is InChI=1S/C17H22N2O3/c20-10-12-22-11-4-9-18-17(21)19-13-15-7-3-6-14-5-1-2-8-16(14)15/h1-3,5-8,20H,4,9-13H2,(H2,18,19,21). The Morgan fingerprint density at radius 2 is 1.86 bits per heavy atom. The van der Waals surface area contributed by atoms with Crippen LogP contribution < -0.4 is 10.6 Å². The molecule has 2 amide bonds. The molecule has 0 fully saturated rings. The molecule has 0 saturated carbocycles. The quantitative estimate of drug-likeness (QED) is 0.654. The number of carbonyl (C=O) groups is 1. The Labute approximate surface area is 130 Å². The first-order chi connectivity index (χ1) is 10.8. The van der Waals surface area contributed by atoms with Crippen molar-refractivity contribution in [2.75, 3.05) is 26.4 Å². The molecular weight excluding hydrogens is 280 g/mol. The lowest BCUT2D eigenvalue weighted by Crippen LogP contribution is -2.35. The molecule has 0 aromatic heterocycles.